The summed E-state index contributed by atoms with van der Waals surface area (Å²) in [6.07, 6.45) is 1.59. The zero-order valence-electron chi connectivity index (χ0n) is 9.24. The topological polar surface area (TPSA) is 84.4 Å². The average molecular weight is 228 g/mol. The summed E-state index contributed by atoms with van der Waals surface area (Å²) in [6.45, 7) is 4.87. The van der Waals surface area contributed by atoms with Gasteiger partial charge in [-0.15, -0.1) is 0 Å². The van der Waals surface area contributed by atoms with Gasteiger partial charge in [-0.3, -0.25) is 4.90 Å². The Morgan fingerprint density at radius 2 is 2.38 bits per heavy atom. The lowest BCUT2D eigenvalue weighted by atomic mass is 10.4. The second kappa shape index (κ2) is 6.19. The molecular weight excluding hydrogens is 212 g/mol. The minimum absolute atomic E-state index is 0.118. The van der Waals surface area contributed by atoms with Crippen LogP contribution in [0.4, 0.5) is 5.82 Å². The summed E-state index contributed by atoms with van der Waals surface area (Å²) in [6, 6.07) is 1.38. The number of hydrogen-bond donors (Lipinski definition) is 1. The van der Waals surface area contributed by atoms with Gasteiger partial charge in [-0.2, -0.15) is 4.68 Å². The quantitative estimate of drug-likeness (QED) is 0.528. The van der Waals surface area contributed by atoms with E-state index in [1.165, 1.54) is 10.7 Å². The molecule has 0 aliphatic rings. The Kier molecular flexibility index (Phi) is 4.87. The van der Waals surface area contributed by atoms with Gasteiger partial charge in [-0.25, -0.2) is 0 Å². The number of hydrogen-bond acceptors (Lipinski definition) is 5. The van der Waals surface area contributed by atoms with Crippen molar-refractivity contribution in [3.8, 4) is 0 Å². The third-order valence-electron chi connectivity index (χ3n) is 2.32. The molecule has 0 saturated carbocycles. The number of likely N-dealkylation sites (N-methyl/N-ethyl adjacent to an activating group) is 1. The molecule has 7 nitrogen and oxygen atoms in total. The van der Waals surface area contributed by atoms with Gasteiger partial charge >= 0.3 is 5.82 Å². The molecule has 1 heterocycles. The van der Waals surface area contributed by atoms with Crippen LogP contribution in [0.15, 0.2) is 12.3 Å². The third-order valence-corrected chi connectivity index (χ3v) is 2.32. The molecule has 0 amide bonds. The van der Waals surface area contributed by atoms with Gasteiger partial charge in [0.05, 0.1) is 30.5 Å². The summed E-state index contributed by atoms with van der Waals surface area (Å²) >= 11 is 0. The van der Waals surface area contributed by atoms with Crippen LogP contribution in [0.5, 0.6) is 0 Å². The number of aliphatic hydroxyl groups excluding tert-OH is 1. The molecule has 16 heavy (non-hydrogen) atoms. The Morgan fingerprint density at radius 1 is 1.62 bits per heavy atom. The molecule has 1 N–H and O–H groups in total. The third kappa shape index (κ3) is 3.59. The highest BCUT2D eigenvalue weighted by atomic mass is 16.6. The summed E-state index contributed by atoms with van der Waals surface area (Å²) in [5.74, 6) is -0.134. The zero-order valence-corrected chi connectivity index (χ0v) is 9.24. The highest BCUT2D eigenvalue weighted by Crippen LogP contribution is 2.05. The molecule has 0 aromatic carbocycles. The molecule has 0 atom stereocenters. The fourth-order valence-electron chi connectivity index (χ4n) is 1.39. The Bertz CT molecular complexity index is 339. The molecule has 0 saturated heterocycles. The second-order valence-electron chi connectivity index (χ2n) is 3.35. The first-order valence-electron chi connectivity index (χ1n) is 5.18. The minimum atomic E-state index is -0.512. The van der Waals surface area contributed by atoms with Crippen LogP contribution in [-0.2, 0) is 6.54 Å². The van der Waals surface area contributed by atoms with E-state index in [9.17, 15) is 10.1 Å². The van der Waals surface area contributed by atoms with Gasteiger partial charge in [0.1, 0.15) is 0 Å². The first-order chi connectivity index (χ1) is 7.67. The van der Waals surface area contributed by atoms with E-state index >= 15 is 0 Å². The summed E-state index contributed by atoms with van der Waals surface area (Å²) in [7, 11) is 0. The fourth-order valence-corrected chi connectivity index (χ4v) is 1.39. The maximum Gasteiger partial charge on any atom is 0.389 e. The molecule has 0 bridgehead atoms. The van der Waals surface area contributed by atoms with Crippen LogP contribution in [0.1, 0.15) is 6.92 Å². The lowest BCUT2D eigenvalue weighted by Gasteiger charge is -2.17. The monoisotopic (exact) mass is 228 g/mol. The first kappa shape index (κ1) is 12.6. The molecule has 7 heteroatoms. The van der Waals surface area contributed by atoms with Gasteiger partial charge < -0.3 is 15.2 Å². The first-order valence-corrected chi connectivity index (χ1v) is 5.18. The van der Waals surface area contributed by atoms with E-state index < -0.39 is 4.92 Å². The Labute approximate surface area is 93.4 Å². The lowest BCUT2D eigenvalue weighted by molar-refractivity contribution is -0.389. The van der Waals surface area contributed by atoms with E-state index in [2.05, 4.69) is 5.10 Å². The van der Waals surface area contributed by atoms with Gasteiger partial charge in [0, 0.05) is 13.1 Å². The van der Waals surface area contributed by atoms with Crippen LogP contribution < -0.4 is 0 Å². The second-order valence-corrected chi connectivity index (χ2v) is 3.35. The summed E-state index contributed by atoms with van der Waals surface area (Å²) < 4.78 is 1.54. The van der Waals surface area contributed by atoms with E-state index in [4.69, 9.17) is 5.11 Å². The zero-order chi connectivity index (χ0) is 12.0. The minimum Gasteiger partial charge on any atom is -0.395 e. The van der Waals surface area contributed by atoms with E-state index in [-0.39, 0.29) is 12.4 Å². The summed E-state index contributed by atoms with van der Waals surface area (Å²) in [5, 5.41) is 23.0. The summed E-state index contributed by atoms with van der Waals surface area (Å²) in [4.78, 5) is 11.9. The van der Waals surface area contributed by atoms with E-state index in [1.807, 2.05) is 11.8 Å². The number of nitrogens with zero attached hydrogens (tertiary/aromatic N) is 4. The van der Waals surface area contributed by atoms with Crippen molar-refractivity contribution >= 4 is 5.82 Å². The molecule has 0 fully saturated rings. The maximum absolute atomic E-state index is 10.4. The maximum atomic E-state index is 10.4. The van der Waals surface area contributed by atoms with Gasteiger partial charge in [0.15, 0.2) is 0 Å². The molecule has 0 aliphatic carbocycles. The van der Waals surface area contributed by atoms with Crippen LogP contribution >= 0.6 is 0 Å². The van der Waals surface area contributed by atoms with Crippen molar-refractivity contribution in [1.29, 1.82) is 0 Å². The van der Waals surface area contributed by atoms with Crippen LogP contribution in [0.25, 0.3) is 0 Å². The van der Waals surface area contributed by atoms with Gasteiger partial charge in [0.2, 0.25) is 0 Å². The van der Waals surface area contributed by atoms with Crippen molar-refractivity contribution in [1.82, 2.24) is 14.7 Å². The molecule has 0 radical (unpaired) electrons. The molecular formula is C9H16N4O3. The fraction of sp³-hybridized carbons (Fsp3) is 0.667. The Morgan fingerprint density at radius 3 is 2.88 bits per heavy atom. The summed E-state index contributed by atoms with van der Waals surface area (Å²) in [5.41, 5.74) is 0. The molecule has 90 valence electrons. The van der Waals surface area contributed by atoms with Gasteiger partial charge in [0.25, 0.3) is 0 Å². The predicted octanol–water partition coefficient (Wildman–Crippen LogP) is 0.105. The highest BCUT2D eigenvalue weighted by molar-refractivity contribution is 5.13. The largest absolute Gasteiger partial charge is 0.395 e. The SMILES string of the molecule is CCN(CCO)CCn1ccc([N+](=O)[O-])n1. The standard InChI is InChI=1S/C9H16N4O3/c1-2-11(7-8-14)5-6-12-4-3-9(10-12)13(15)16/h3-4,14H,2,5-8H2,1H3. The molecule has 0 unspecified atom stereocenters. The normalized spacial score (nSPS) is 10.9. The number of rotatable bonds is 7. The van der Waals surface area contributed by atoms with E-state index in [0.717, 1.165) is 13.1 Å². The lowest BCUT2D eigenvalue weighted by Crippen LogP contribution is -2.30. The smallest absolute Gasteiger partial charge is 0.389 e. The van der Waals surface area contributed by atoms with E-state index in [0.29, 0.717) is 13.1 Å². The molecule has 0 spiro atoms. The van der Waals surface area contributed by atoms with Crippen LogP contribution in [-0.4, -0.2) is 51.0 Å². The molecule has 1 rings (SSSR count). The highest BCUT2D eigenvalue weighted by Gasteiger charge is 2.11. The van der Waals surface area contributed by atoms with Gasteiger partial charge in [-0.05, 0) is 11.5 Å². The number of aromatic nitrogens is 2. The predicted molar refractivity (Wildman–Crippen MR) is 58.1 cm³/mol. The average Bonchev–Trinajstić information content (AvgIpc) is 2.73. The van der Waals surface area contributed by atoms with Crippen LogP contribution in [0.2, 0.25) is 0 Å². The van der Waals surface area contributed by atoms with Crippen LogP contribution in [0.3, 0.4) is 0 Å². The Balaban J connectivity index is 2.44. The van der Waals surface area contributed by atoms with E-state index in [1.54, 1.807) is 6.20 Å². The van der Waals surface area contributed by atoms with Crippen molar-refractivity contribution in [2.24, 2.45) is 0 Å². The number of aliphatic hydroxyl groups is 1. The number of nitro groups is 1. The van der Waals surface area contributed by atoms with Crippen molar-refractivity contribution < 1.29 is 10.0 Å². The van der Waals surface area contributed by atoms with Crippen LogP contribution in [0, 0.1) is 10.1 Å². The molecule has 1 aromatic heterocycles. The molecule has 1 aromatic rings. The van der Waals surface area contributed by atoms with Crippen molar-refractivity contribution in [2.75, 3.05) is 26.2 Å². The van der Waals surface area contributed by atoms with Crippen molar-refractivity contribution in [3.05, 3.63) is 22.4 Å². The Hall–Kier alpha value is -1.47. The van der Waals surface area contributed by atoms with Crippen molar-refractivity contribution in [2.45, 2.75) is 13.5 Å². The van der Waals surface area contributed by atoms with Crippen molar-refractivity contribution in [3.63, 3.8) is 0 Å². The molecule has 0 aliphatic heterocycles. The van der Waals surface area contributed by atoms with Gasteiger partial charge in [-0.1, -0.05) is 6.92 Å².